The average Bonchev–Trinajstić information content (AvgIpc) is 2.44. The molecule has 1 heterocycles. The Bertz CT molecular complexity index is 326. The van der Waals surface area contributed by atoms with Crippen molar-refractivity contribution in [3.63, 3.8) is 0 Å². The first kappa shape index (κ1) is 15.8. The van der Waals surface area contributed by atoms with E-state index in [1.165, 1.54) is 0 Å². The Morgan fingerprint density at radius 3 is 2.63 bits per heavy atom. The van der Waals surface area contributed by atoms with Gasteiger partial charge in [-0.25, -0.2) is 9.97 Å². The molecule has 0 aliphatic rings. The first-order valence-electron chi connectivity index (χ1n) is 6.68. The van der Waals surface area contributed by atoms with Gasteiger partial charge in [-0.3, -0.25) is 0 Å². The zero-order valence-electron chi connectivity index (χ0n) is 11.8. The maximum Gasteiger partial charge on any atom is 0.225 e. The molecule has 0 unspecified atom stereocenters. The predicted molar refractivity (Wildman–Crippen MR) is 75.2 cm³/mol. The normalized spacial score (nSPS) is 10.7. The fourth-order valence-corrected chi connectivity index (χ4v) is 1.71. The SMILES string of the molecule is CCCN(CCO)c1ncc(CNCCOC)cn1. The number of nitrogens with one attached hydrogen (secondary N) is 1. The molecule has 1 aromatic heterocycles. The van der Waals surface area contributed by atoms with Crippen LogP contribution in [0.3, 0.4) is 0 Å². The summed E-state index contributed by atoms with van der Waals surface area (Å²) >= 11 is 0. The fourth-order valence-electron chi connectivity index (χ4n) is 1.71. The second-order valence-electron chi connectivity index (χ2n) is 4.27. The zero-order chi connectivity index (χ0) is 13.9. The summed E-state index contributed by atoms with van der Waals surface area (Å²) in [4.78, 5) is 10.7. The van der Waals surface area contributed by atoms with Gasteiger partial charge in [0.05, 0.1) is 13.2 Å². The molecule has 0 fully saturated rings. The monoisotopic (exact) mass is 268 g/mol. The zero-order valence-corrected chi connectivity index (χ0v) is 11.8. The molecule has 0 saturated carbocycles. The summed E-state index contributed by atoms with van der Waals surface area (Å²) in [5.41, 5.74) is 1.04. The van der Waals surface area contributed by atoms with E-state index < -0.39 is 0 Å². The Morgan fingerprint density at radius 1 is 1.32 bits per heavy atom. The van der Waals surface area contributed by atoms with E-state index in [-0.39, 0.29) is 6.61 Å². The van der Waals surface area contributed by atoms with Gasteiger partial charge in [0.1, 0.15) is 0 Å². The van der Waals surface area contributed by atoms with Gasteiger partial charge in [0.25, 0.3) is 0 Å². The van der Waals surface area contributed by atoms with E-state index in [0.717, 1.165) is 31.6 Å². The van der Waals surface area contributed by atoms with Crippen molar-refractivity contribution in [1.82, 2.24) is 15.3 Å². The molecule has 6 nitrogen and oxygen atoms in total. The van der Waals surface area contributed by atoms with Crippen LogP contribution >= 0.6 is 0 Å². The summed E-state index contributed by atoms with van der Waals surface area (Å²) in [6.45, 7) is 5.87. The van der Waals surface area contributed by atoms with Gasteiger partial charge in [0.15, 0.2) is 0 Å². The van der Waals surface area contributed by atoms with Gasteiger partial charge in [-0.15, -0.1) is 0 Å². The summed E-state index contributed by atoms with van der Waals surface area (Å²) in [5, 5.41) is 12.3. The molecule has 6 heteroatoms. The molecule has 0 radical (unpaired) electrons. The highest BCUT2D eigenvalue weighted by Gasteiger charge is 2.07. The Labute approximate surface area is 114 Å². The smallest absolute Gasteiger partial charge is 0.225 e. The van der Waals surface area contributed by atoms with Crippen LogP contribution < -0.4 is 10.2 Å². The van der Waals surface area contributed by atoms with Gasteiger partial charge < -0.3 is 20.1 Å². The number of hydrogen-bond acceptors (Lipinski definition) is 6. The second-order valence-corrected chi connectivity index (χ2v) is 4.27. The fraction of sp³-hybridized carbons (Fsp3) is 0.692. The number of aliphatic hydroxyl groups excluding tert-OH is 1. The van der Waals surface area contributed by atoms with Crippen LogP contribution in [0.2, 0.25) is 0 Å². The van der Waals surface area contributed by atoms with Crippen LogP contribution in [0.1, 0.15) is 18.9 Å². The first-order chi connectivity index (χ1) is 9.31. The lowest BCUT2D eigenvalue weighted by molar-refractivity contribution is 0.199. The molecule has 1 aromatic rings. The highest BCUT2D eigenvalue weighted by molar-refractivity contribution is 5.29. The number of ether oxygens (including phenoxy) is 1. The molecule has 0 spiro atoms. The summed E-state index contributed by atoms with van der Waals surface area (Å²) < 4.78 is 4.96. The Hall–Kier alpha value is -1.24. The Morgan fingerprint density at radius 2 is 2.05 bits per heavy atom. The minimum atomic E-state index is 0.115. The van der Waals surface area contributed by atoms with Gasteiger partial charge in [-0.1, -0.05) is 6.92 Å². The topological polar surface area (TPSA) is 70.5 Å². The average molecular weight is 268 g/mol. The van der Waals surface area contributed by atoms with Crippen LogP contribution in [0.4, 0.5) is 5.95 Å². The third-order valence-electron chi connectivity index (χ3n) is 2.65. The van der Waals surface area contributed by atoms with Gasteiger partial charge >= 0.3 is 0 Å². The first-order valence-corrected chi connectivity index (χ1v) is 6.68. The van der Waals surface area contributed by atoms with Crippen LogP contribution in [0, 0.1) is 0 Å². The molecule has 0 aromatic carbocycles. The van der Waals surface area contributed by atoms with Crippen LogP contribution in [0.5, 0.6) is 0 Å². The number of anilines is 1. The molecule has 0 saturated heterocycles. The number of rotatable bonds is 10. The molecule has 108 valence electrons. The molecule has 0 atom stereocenters. The van der Waals surface area contributed by atoms with Crippen molar-refractivity contribution in [3.8, 4) is 0 Å². The Balaban J connectivity index is 2.49. The highest BCUT2D eigenvalue weighted by atomic mass is 16.5. The molecule has 0 bridgehead atoms. The minimum absolute atomic E-state index is 0.115. The van der Waals surface area contributed by atoms with Crippen LogP contribution in [0.25, 0.3) is 0 Å². The molecular formula is C13H24N4O2. The molecule has 2 N–H and O–H groups in total. The van der Waals surface area contributed by atoms with Crippen molar-refractivity contribution in [3.05, 3.63) is 18.0 Å². The molecular weight excluding hydrogens is 244 g/mol. The van der Waals surface area contributed by atoms with E-state index in [2.05, 4.69) is 22.2 Å². The van der Waals surface area contributed by atoms with E-state index in [0.29, 0.717) is 19.1 Å². The predicted octanol–water partition coefficient (Wildman–Crippen LogP) is 0.421. The van der Waals surface area contributed by atoms with Crippen molar-refractivity contribution in [2.75, 3.05) is 44.9 Å². The van der Waals surface area contributed by atoms with E-state index in [1.807, 2.05) is 17.3 Å². The van der Waals surface area contributed by atoms with Gasteiger partial charge in [-0.2, -0.15) is 0 Å². The maximum absolute atomic E-state index is 9.03. The maximum atomic E-state index is 9.03. The summed E-state index contributed by atoms with van der Waals surface area (Å²) in [6.07, 6.45) is 4.65. The molecule has 19 heavy (non-hydrogen) atoms. The number of nitrogens with zero attached hydrogens (tertiary/aromatic N) is 3. The second kappa shape index (κ2) is 9.66. The van der Waals surface area contributed by atoms with Crippen molar-refractivity contribution in [2.24, 2.45) is 0 Å². The van der Waals surface area contributed by atoms with E-state index in [4.69, 9.17) is 9.84 Å². The number of methoxy groups -OCH3 is 1. The van der Waals surface area contributed by atoms with E-state index >= 15 is 0 Å². The molecule has 0 aliphatic carbocycles. The third kappa shape index (κ3) is 5.96. The van der Waals surface area contributed by atoms with E-state index in [1.54, 1.807) is 7.11 Å². The lowest BCUT2D eigenvalue weighted by Gasteiger charge is -2.20. The standard InChI is InChI=1S/C13H24N4O2/c1-3-5-17(6-7-18)13-15-10-12(11-16-13)9-14-4-8-19-2/h10-11,14,18H,3-9H2,1-2H3. The van der Waals surface area contributed by atoms with Crippen LogP contribution in [-0.4, -0.2) is 55.0 Å². The quantitative estimate of drug-likeness (QED) is 0.599. The van der Waals surface area contributed by atoms with Gasteiger partial charge in [0, 0.05) is 51.2 Å². The lowest BCUT2D eigenvalue weighted by Crippen LogP contribution is -2.29. The van der Waals surface area contributed by atoms with Crippen LogP contribution in [0.15, 0.2) is 12.4 Å². The lowest BCUT2D eigenvalue weighted by atomic mass is 10.3. The van der Waals surface area contributed by atoms with Crippen molar-refractivity contribution < 1.29 is 9.84 Å². The highest BCUT2D eigenvalue weighted by Crippen LogP contribution is 2.07. The summed E-state index contributed by atoms with van der Waals surface area (Å²) in [7, 11) is 1.68. The molecule has 0 amide bonds. The number of aromatic nitrogens is 2. The summed E-state index contributed by atoms with van der Waals surface area (Å²) in [5.74, 6) is 0.677. The molecule has 1 rings (SSSR count). The van der Waals surface area contributed by atoms with Crippen molar-refractivity contribution in [1.29, 1.82) is 0 Å². The Kier molecular flexibility index (Phi) is 8.04. The minimum Gasteiger partial charge on any atom is -0.395 e. The summed E-state index contributed by atoms with van der Waals surface area (Å²) in [6, 6.07) is 0. The largest absolute Gasteiger partial charge is 0.395 e. The van der Waals surface area contributed by atoms with Crippen molar-refractivity contribution >= 4 is 5.95 Å². The third-order valence-corrected chi connectivity index (χ3v) is 2.65. The number of aliphatic hydroxyl groups is 1. The van der Waals surface area contributed by atoms with Crippen LogP contribution in [-0.2, 0) is 11.3 Å². The van der Waals surface area contributed by atoms with Crippen molar-refractivity contribution in [2.45, 2.75) is 19.9 Å². The van der Waals surface area contributed by atoms with Gasteiger partial charge in [-0.05, 0) is 6.42 Å². The number of hydrogen-bond donors (Lipinski definition) is 2. The van der Waals surface area contributed by atoms with E-state index in [9.17, 15) is 0 Å². The molecule has 0 aliphatic heterocycles. The van der Waals surface area contributed by atoms with Gasteiger partial charge in [0.2, 0.25) is 5.95 Å².